The van der Waals surface area contributed by atoms with E-state index in [1.807, 2.05) is 31.2 Å². The number of hydrogen-bond donors (Lipinski definition) is 5. The van der Waals surface area contributed by atoms with E-state index in [-0.39, 0.29) is 5.56 Å². The highest BCUT2D eigenvalue weighted by molar-refractivity contribution is 6.30. The van der Waals surface area contributed by atoms with Crippen molar-refractivity contribution in [2.24, 2.45) is 5.73 Å². The normalized spacial score (nSPS) is 10.9. The van der Waals surface area contributed by atoms with Crippen molar-refractivity contribution in [3.05, 3.63) is 70.4 Å². The summed E-state index contributed by atoms with van der Waals surface area (Å²) in [5.41, 5.74) is 9.82. The summed E-state index contributed by atoms with van der Waals surface area (Å²) < 4.78 is 0. The van der Waals surface area contributed by atoms with Crippen molar-refractivity contribution in [3.8, 4) is 0 Å². The van der Waals surface area contributed by atoms with Gasteiger partial charge in [-0.2, -0.15) is 5.10 Å². The predicted molar refractivity (Wildman–Crippen MR) is 112 cm³/mol. The molecule has 0 aliphatic rings. The van der Waals surface area contributed by atoms with Crippen LogP contribution in [0, 0.1) is 6.92 Å². The van der Waals surface area contributed by atoms with E-state index in [1.54, 1.807) is 18.2 Å². The Hall–Kier alpha value is -3.45. The molecule has 0 bridgehead atoms. The lowest BCUT2D eigenvalue weighted by Crippen LogP contribution is -2.15. The zero-order chi connectivity index (χ0) is 19.7. The molecule has 0 radical (unpaired) electrons. The lowest BCUT2D eigenvalue weighted by atomic mass is 10.1. The van der Waals surface area contributed by atoms with Gasteiger partial charge in [0.25, 0.3) is 5.91 Å². The quantitative estimate of drug-likeness (QED) is 0.335. The van der Waals surface area contributed by atoms with Crippen LogP contribution in [0.3, 0.4) is 0 Å². The minimum absolute atomic E-state index is 0.262. The van der Waals surface area contributed by atoms with Gasteiger partial charge in [0.1, 0.15) is 11.4 Å². The Balaban J connectivity index is 1.60. The van der Waals surface area contributed by atoms with Gasteiger partial charge in [-0.3, -0.25) is 9.89 Å². The molecule has 28 heavy (non-hydrogen) atoms. The largest absolute Gasteiger partial charge is 0.366 e. The van der Waals surface area contributed by atoms with Gasteiger partial charge in [-0.15, -0.1) is 0 Å². The molecule has 142 valence electrons. The number of aromatic nitrogens is 3. The summed E-state index contributed by atoms with van der Waals surface area (Å²) >= 11 is 6.01. The second-order valence-electron chi connectivity index (χ2n) is 6.45. The Morgan fingerprint density at radius 2 is 2.04 bits per heavy atom. The van der Waals surface area contributed by atoms with Crippen molar-refractivity contribution in [3.63, 3.8) is 0 Å². The Kier molecular flexibility index (Phi) is 4.67. The number of nitrogens with zero attached hydrogens (tertiary/aromatic N) is 1. The number of nitrogens with one attached hydrogen (secondary N) is 4. The van der Waals surface area contributed by atoms with Gasteiger partial charge in [-0.05, 0) is 36.8 Å². The third-order valence-corrected chi connectivity index (χ3v) is 4.80. The van der Waals surface area contributed by atoms with Crippen LogP contribution < -0.4 is 16.4 Å². The highest BCUT2D eigenvalue weighted by Crippen LogP contribution is 2.27. The zero-order valence-corrected chi connectivity index (χ0v) is 15.9. The van der Waals surface area contributed by atoms with Crippen molar-refractivity contribution >= 4 is 45.7 Å². The first-order valence-electron chi connectivity index (χ1n) is 8.73. The van der Waals surface area contributed by atoms with Crippen molar-refractivity contribution in [1.82, 2.24) is 15.2 Å². The number of anilines is 3. The molecule has 0 aliphatic heterocycles. The molecular formula is C20H19ClN6O. The smallest absolute Gasteiger partial charge is 0.256 e. The van der Waals surface area contributed by atoms with Gasteiger partial charge in [0.15, 0.2) is 5.82 Å². The molecule has 0 unspecified atom stereocenters. The van der Waals surface area contributed by atoms with Gasteiger partial charge in [0, 0.05) is 33.9 Å². The van der Waals surface area contributed by atoms with Crippen LogP contribution in [0.4, 0.5) is 17.3 Å². The number of primary amides is 1. The van der Waals surface area contributed by atoms with E-state index in [0.717, 1.165) is 22.2 Å². The maximum absolute atomic E-state index is 12.1. The van der Waals surface area contributed by atoms with Crippen LogP contribution in [-0.2, 0) is 6.54 Å². The van der Waals surface area contributed by atoms with E-state index in [0.29, 0.717) is 28.9 Å². The molecule has 0 saturated carbocycles. The summed E-state index contributed by atoms with van der Waals surface area (Å²) in [5, 5.41) is 15.1. The predicted octanol–water partition coefficient (Wildman–Crippen LogP) is 4.31. The maximum atomic E-state index is 12.1. The van der Waals surface area contributed by atoms with E-state index in [9.17, 15) is 4.79 Å². The topological polar surface area (TPSA) is 112 Å². The average molecular weight is 395 g/mol. The number of amides is 1. The number of hydrogen-bond acceptors (Lipinski definition) is 4. The van der Waals surface area contributed by atoms with Crippen LogP contribution >= 0.6 is 11.6 Å². The van der Waals surface area contributed by atoms with Crippen molar-refractivity contribution in [2.45, 2.75) is 13.5 Å². The number of nitrogens with two attached hydrogens (primary N) is 1. The van der Waals surface area contributed by atoms with Crippen molar-refractivity contribution in [1.29, 1.82) is 0 Å². The summed E-state index contributed by atoms with van der Waals surface area (Å²) in [6.45, 7) is 2.53. The Morgan fingerprint density at radius 3 is 2.82 bits per heavy atom. The van der Waals surface area contributed by atoms with Crippen molar-refractivity contribution in [2.75, 3.05) is 10.6 Å². The number of aryl methyl sites for hydroxylation is 1. The minimum Gasteiger partial charge on any atom is -0.366 e. The molecule has 4 aromatic rings. The number of carbonyl (C=O) groups is 1. The average Bonchev–Trinajstić information content (AvgIpc) is 3.20. The van der Waals surface area contributed by atoms with Gasteiger partial charge in [0.2, 0.25) is 0 Å². The van der Waals surface area contributed by atoms with Crippen LogP contribution in [-0.4, -0.2) is 21.1 Å². The molecule has 1 amide bonds. The van der Waals surface area contributed by atoms with Gasteiger partial charge in [-0.1, -0.05) is 35.9 Å². The SMILES string of the molecule is Cc1[nH]c2ccccc2c1CNc1[nH]nc(Nc2cccc(Cl)c2)c1C(N)=O. The van der Waals surface area contributed by atoms with Gasteiger partial charge in [-0.25, -0.2) is 0 Å². The number of benzene rings is 2. The molecule has 2 aromatic carbocycles. The standard InChI is InChI=1S/C20H19ClN6O/c1-11-15(14-7-2-3-8-16(14)24-11)10-23-19-17(18(22)28)20(27-26-19)25-13-6-4-5-12(21)9-13/h2-9,24H,10H2,1H3,(H2,22,28)(H3,23,25,26,27). The summed E-state index contributed by atoms with van der Waals surface area (Å²) in [5.74, 6) is 0.214. The summed E-state index contributed by atoms with van der Waals surface area (Å²) in [4.78, 5) is 15.4. The minimum atomic E-state index is -0.587. The zero-order valence-electron chi connectivity index (χ0n) is 15.1. The number of para-hydroxylation sites is 1. The molecule has 0 spiro atoms. The lowest BCUT2D eigenvalue weighted by molar-refractivity contribution is 0.100. The molecule has 0 atom stereocenters. The molecular weight excluding hydrogens is 376 g/mol. The molecule has 4 rings (SSSR count). The molecule has 0 fully saturated rings. The Labute approximate surface area is 166 Å². The maximum Gasteiger partial charge on any atom is 0.256 e. The summed E-state index contributed by atoms with van der Waals surface area (Å²) in [6, 6.07) is 15.2. The van der Waals surface area contributed by atoms with Crippen LogP contribution in [0.1, 0.15) is 21.6 Å². The van der Waals surface area contributed by atoms with Gasteiger partial charge >= 0.3 is 0 Å². The van der Waals surface area contributed by atoms with Crippen LogP contribution in [0.2, 0.25) is 5.02 Å². The van der Waals surface area contributed by atoms with E-state index >= 15 is 0 Å². The van der Waals surface area contributed by atoms with E-state index in [4.69, 9.17) is 17.3 Å². The lowest BCUT2D eigenvalue weighted by Gasteiger charge is -2.08. The highest BCUT2D eigenvalue weighted by atomic mass is 35.5. The van der Waals surface area contributed by atoms with Gasteiger partial charge < -0.3 is 21.4 Å². The fraction of sp³-hybridized carbons (Fsp3) is 0.100. The number of fused-ring (bicyclic) bond motifs is 1. The highest BCUT2D eigenvalue weighted by Gasteiger charge is 2.19. The molecule has 2 aromatic heterocycles. The summed E-state index contributed by atoms with van der Waals surface area (Å²) in [6.07, 6.45) is 0. The number of rotatable bonds is 6. The second kappa shape index (κ2) is 7.28. The third kappa shape index (κ3) is 3.39. The fourth-order valence-corrected chi connectivity index (χ4v) is 3.43. The first kappa shape index (κ1) is 17.9. The number of halogens is 1. The molecule has 7 nitrogen and oxygen atoms in total. The molecule has 6 N–H and O–H groups in total. The number of carbonyl (C=O) groups excluding carboxylic acids is 1. The first-order chi connectivity index (χ1) is 13.5. The monoisotopic (exact) mass is 394 g/mol. The van der Waals surface area contributed by atoms with Gasteiger partial charge in [0.05, 0.1) is 0 Å². The molecule has 2 heterocycles. The second-order valence-corrected chi connectivity index (χ2v) is 6.89. The number of H-pyrrole nitrogens is 2. The van der Waals surface area contributed by atoms with Crippen LogP contribution in [0.5, 0.6) is 0 Å². The third-order valence-electron chi connectivity index (χ3n) is 4.57. The van der Waals surface area contributed by atoms with E-state index in [1.165, 1.54) is 0 Å². The summed E-state index contributed by atoms with van der Waals surface area (Å²) in [7, 11) is 0. The van der Waals surface area contributed by atoms with E-state index < -0.39 is 5.91 Å². The van der Waals surface area contributed by atoms with Crippen LogP contribution in [0.15, 0.2) is 48.5 Å². The fourth-order valence-electron chi connectivity index (χ4n) is 3.24. The van der Waals surface area contributed by atoms with Crippen molar-refractivity contribution < 1.29 is 4.79 Å². The van der Waals surface area contributed by atoms with E-state index in [2.05, 4.69) is 31.9 Å². The molecule has 0 aliphatic carbocycles. The molecule has 8 heteroatoms. The Morgan fingerprint density at radius 1 is 1.21 bits per heavy atom. The first-order valence-corrected chi connectivity index (χ1v) is 9.11. The Bertz CT molecular complexity index is 1160. The van der Waals surface area contributed by atoms with Crippen LogP contribution in [0.25, 0.3) is 10.9 Å². The molecule has 0 saturated heterocycles. The number of aromatic amines is 2.